The van der Waals surface area contributed by atoms with E-state index in [1.54, 1.807) is 0 Å². The molecule has 0 heterocycles. The predicted octanol–water partition coefficient (Wildman–Crippen LogP) is 3.91. The summed E-state index contributed by atoms with van der Waals surface area (Å²) in [5.41, 5.74) is 1.35. The van der Waals surface area contributed by atoms with E-state index < -0.39 is 0 Å². The van der Waals surface area contributed by atoms with Crippen LogP contribution in [0.1, 0.15) is 56.9 Å². The number of benzene rings is 1. The molecule has 0 saturated heterocycles. The molecule has 0 radical (unpaired) electrons. The second-order valence-corrected chi connectivity index (χ2v) is 6.39. The molecule has 0 spiro atoms. The van der Waals surface area contributed by atoms with E-state index in [0.29, 0.717) is 18.0 Å². The fourth-order valence-electron chi connectivity index (χ4n) is 3.63. The minimum atomic E-state index is 0.146. The highest BCUT2D eigenvalue weighted by molar-refractivity contribution is 5.75. The Labute approximate surface area is 127 Å². The Hall–Kier alpha value is -1.51. The van der Waals surface area contributed by atoms with Crippen molar-refractivity contribution in [3.63, 3.8) is 0 Å². The van der Waals surface area contributed by atoms with E-state index in [-0.39, 0.29) is 6.03 Å². The first-order chi connectivity index (χ1) is 10.3. The van der Waals surface area contributed by atoms with Crippen molar-refractivity contribution in [2.75, 3.05) is 6.54 Å². The number of hydrogen-bond donors (Lipinski definition) is 1. The van der Waals surface area contributed by atoms with E-state index >= 15 is 0 Å². The molecule has 2 aliphatic carbocycles. The van der Waals surface area contributed by atoms with E-state index in [9.17, 15) is 4.79 Å². The normalized spacial score (nSPS) is 25.4. The summed E-state index contributed by atoms with van der Waals surface area (Å²) in [6, 6.07) is 11.5. The number of rotatable bonds is 4. The molecule has 3 heteroatoms. The highest BCUT2D eigenvalue weighted by atomic mass is 16.2. The van der Waals surface area contributed by atoms with Gasteiger partial charge in [0.1, 0.15) is 0 Å². The lowest BCUT2D eigenvalue weighted by atomic mass is 9.94. The molecule has 1 aromatic rings. The van der Waals surface area contributed by atoms with E-state index in [1.807, 2.05) is 6.07 Å². The van der Waals surface area contributed by atoms with Gasteiger partial charge in [0.05, 0.1) is 0 Å². The minimum Gasteiger partial charge on any atom is -0.335 e. The standard InChI is InChI=1S/C18H26N2O/c1-2-20(15-11-7-4-8-12-15)18(21)19-17-13-16(17)14-9-5-3-6-10-14/h3,5-6,9-10,15-17H,2,4,7-8,11-13H2,1H3,(H,19,21)/t16-,17-/m1/s1. The molecule has 114 valence electrons. The summed E-state index contributed by atoms with van der Waals surface area (Å²) in [6.45, 7) is 2.91. The summed E-state index contributed by atoms with van der Waals surface area (Å²) in [7, 11) is 0. The van der Waals surface area contributed by atoms with Gasteiger partial charge in [0.2, 0.25) is 0 Å². The monoisotopic (exact) mass is 286 g/mol. The third-order valence-corrected chi connectivity index (χ3v) is 4.94. The molecule has 1 aromatic carbocycles. The summed E-state index contributed by atoms with van der Waals surface area (Å²) in [6.07, 6.45) is 7.30. The van der Waals surface area contributed by atoms with E-state index in [4.69, 9.17) is 0 Å². The van der Waals surface area contributed by atoms with Crippen LogP contribution in [0, 0.1) is 0 Å². The second-order valence-electron chi connectivity index (χ2n) is 6.39. The average Bonchev–Trinajstić information content (AvgIpc) is 3.29. The lowest BCUT2D eigenvalue weighted by molar-refractivity contribution is 0.159. The van der Waals surface area contributed by atoms with E-state index in [0.717, 1.165) is 13.0 Å². The molecule has 2 saturated carbocycles. The fraction of sp³-hybridized carbons (Fsp3) is 0.611. The quantitative estimate of drug-likeness (QED) is 0.894. The highest BCUT2D eigenvalue weighted by Gasteiger charge is 2.40. The van der Waals surface area contributed by atoms with Gasteiger partial charge in [0.15, 0.2) is 0 Å². The number of urea groups is 1. The van der Waals surface area contributed by atoms with Gasteiger partial charge < -0.3 is 10.2 Å². The van der Waals surface area contributed by atoms with Gasteiger partial charge >= 0.3 is 6.03 Å². The van der Waals surface area contributed by atoms with Crippen LogP contribution in [-0.2, 0) is 0 Å². The first kappa shape index (κ1) is 14.4. The summed E-state index contributed by atoms with van der Waals surface area (Å²) >= 11 is 0. The molecule has 0 aromatic heterocycles. The van der Waals surface area contributed by atoms with Crippen LogP contribution in [0.25, 0.3) is 0 Å². The Balaban J connectivity index is 1.54. The number of amides is 2. The molecule has 0 unspecified atom stereocenters. The fourth-order valence-corrected chi connectivity index (χ4v) is 3.63. The molecule has 2 aliphatic rings. The number of carbonyl (C=O) groups excluding carboxylic acids is 1. The molecule has 1 N–H and O–H groups in total. The van der Waals surface area contributed by atoms with Gasteiger partial charge in [-0.05, 0) is 31.7 Å². The first-order valence-electron chi connectivity index (χ1n) is 8.41. The van der Waals surface area contributed by atoms with Crippen molar-refractivity contribution in [3.8, 4) is 0 Å². The molecular formula is C18H26N2O. The summed E-state index contributed by atoms with van der Waals surface area (Å²) in [5.74, 6) is 0.514. The molecular weight excluding hydrogens is 260 g/mol. The van der Waals surface area contributed by atoms with Crippen LogP contribution in [0.4, 0.5) is 4.79 Å². The highest BCUT2D eigenvalue weighted by Crippen LogP contribution is 2.40. The maximum atomic E-state index is 12.5. The van der Waals surface area contributed by atoms with Crippen molar-refractivity contribution >= 4 is 6.03 Å². The second kappa shape index (κ2) is 6.50. The maximum absolute atomic E-state index is 12.5. The SMILES string of the molecule is CCN(C(=O)N[C@@H]1C[C@@H]1c1ccccc1)C1CCCCC1. The number of nitrogens with one attached hydrogen (secondary N) is 1. The van der Waals surface area contributed by atoms with Crippen LogP contribution in [0.3, 0.4) is 0 Å². The van der Waals surface area contributed by atoms with Gasteiger partial charge in [-0.15, -0.1) is 0 Å². The average molecular weight is 286 g/mol. The van der Waals surface area contributed by atoms with Crippen molar-refractivity contribution < 1.29 is 4.79 Å². The molecule has 2 atom stereocenters. The molecule has 3 rings (SSSR count). The third kappa shape index (κ3) is 3.39. The number of nitrogens with zero attached hydrogens (tertiary/aromatic N) is 1. The predicted molar refractivity (Wildman–Crippen MR) is 85.4 cm³/mol. The van der Waals surface area contributed by atoms with E-state index in [1.165, 1.54) is 37.7 Å². The van der Waals surface area contributed by atoms with Crippen molar-refractivity contribution in [1.29, 1.82) is 0 Å². The van der Waals surface area contributed by atoms with Crippen molar-refractivity contribution in [2.45, 2.75) is 63.5 Å². The molecule has 3 nitrogen and oxygen atoms in total. The van der Waals surface area contributed by atoms with Gasteiger partial charge in [-0.2, -0.15) is 0 Å². The number of hydrogen-bond acceptors (Lipinski definition) is 1. The lowest BCUT2D eigenvalue weighted by Crippen LogP contribution is -2.47. The topological polar surface area (TPSA) is 32.3 Å². The minimum absolute atomic E-state index is 0.146. The lowest BCUT2D eigenvalue weighted by Gasteiger charge is -2.33. The van der Waals surface area contributed by atoms with Gasteiger partial charge in [-0.1, -0.05) is 49.6 Å². The van der Waals surface area contributed by atoms with Crippen LogP contribution in [0.15, 0.2) is 30.3 Å². The Morgan fingerprint density at radius 2 is 1.90 bits per heavy atom. The molecule has 0 bridgehead atoms. The van der Waals surface area contributed by atoms with Gasteiger partial charge in [-0.3, -0.25) is 0 Å². The van der Waals surface area contributed by atoms with Gasteiger partial charge in [0, 0.05) is 24.5 Å². The van der Waals surface area contributed by atoms with Crippen LogP contribution in [-0.4, -0.2) is 29.6 Å². The smallest absolute Gasteiger partial charge is 0.317 e. The third-order valence-electron chi connectivity index (χ3n) is 4.94. The van der Waals surface area contributed by atoms with E-state index in [2.05, 4.69) is 41.4 Å². The molecule has 21 heavy (non-hydrogen) atoms. The van der Waals surface area contributed by atoms with Crippen LogP contribution in [0.2, 0.25) is 0 Å². The van der Waals surface area contributed by atoms with Crippen LogP contribution >= 0.6 is 0 Å². The number of carbonyl (C=O) groups is 1. The van der Waals surface area contributed by atoms with Gasteiger partial charge in [0.25, 0.3) is 0 Å². The summed E-state index contributed by atoms with van der Waals surface area (Å²) in [5, 5.41) is 3.24. The van der Waals surface area contributed by atoms with Crippen molar-refractivity contribution in [1.82, 2.24) is 10.2 Å². The molecule has 2 fully saturated rings. The van der Waals surface area contributed by atoms with Crippen molar-refractivity contribution in [2.24, 2.45) is 0 Å². The first-order valence-corrected chi connectivity index (χ1v) is 8.41. The zero-order valence-electron chi connectivity index (χ0n) is 12.9. The Morgan fingerprint density at radius 3 is 2.57 bits per heavy atom. The van der Waals surface area contributed by atoms with Crippen LogP contribution in [0.5, 0.6) is 0 Å². The molecule has 2 amide bonds. The van der Waals surface area contributed by atoms with Crippen LogP contribution < -0.4 is 5.32 Å². The Kier molecular flexibility index (Phi) is 4.47. The zero-order valence-corrected chi connectivity index (χ0v) is 12.9. The molecule has 0 aliphatic heterocycles. The summed E-state index contributed by atoms with van der Waals surface area (Å²) < 4.78 is 0. The Bertz CT molecular complexity index is 467. The van der Waals surface area contributed by atoms with Gasteiger partial charge in [-0.25, -0.2) is 4.79 Å². The Morgan fingerprint density at radius 1 is 1.19 bits per heavy atom. The van der Waals surface area contributed by atoms with Crippen molar-refractivity contribution in [3.05, 3.63) is 35.9 Å². The maximum Gasteiger partial charge on any atom is 0.317 e. The summed E-state index contributed by atoms with van der Waals surface area (Å²) in [4.78, 5) is 14.6. The largest absolute Gasteiger partial charge is 0.335 e. The zero-order chi connectivity index (χ0) is 14.7.